The second kappa shape index (κ2) is 13.3. The van der Waals surface area contributed by atoms with E-state index in [1.165, 1.54) is 5.54 Å². The first kappa shape index (κ1) is 20.7. The Hall–Kier alpha value is -2.33. The van der Waals surface area contributed by atoms with Crippen LogP contribution in [0.1, 0.15) is 18.9 Å². The fraction of sp³-hybridized carbons (Fsp3) is 0.222. The van der Waals surface area contributed by atoms with Gasteiger partial charge in [-0.15, -0.1) is 0 Å². The zero-order valence-corrected chi connectivity index (χ0v) is 13.9. The number of carbonyl (C=O) groups excluding carboxylic acids is 2. The SMILES string of the molecule is C=CC(=O)OCCC(C)OC(=O)C=C.ClC=Cc1ccccc1. The summed E-state index contributed by atoms with van der Waals surface area (Å²) in [7, 11) is 0. The van der Waals surface area contributed by atoms with E-state index in [-0.39, 0.29) is 12.7 Å². The number of esters is 2. The lowest BCUT2D eigenvalue weighted by atomic mass is 10.2. The maximum absolute atomic E-state index is 10.7. The van der Waals surface area contributed by atoms with Crippen molar-refractivity contribution in [1.29, 1.82) is 0 Å². The second-order valence-corrected chi connectivity index (χ2v) is 4.57. The summed E-state index contributed by atoms with van der Waals surface area (Å²) in [6.07, 6.45) is 4.19. The molecule has 0 spiro atoms. The van der Waals surface area contributed by atoms with Crippen LogP contribution in [0, 0.1) is 0 Å². The lowest BCUT2D eigenvalue weighted by Crippen LogP contribution is -2.16. The van der Waals surface area contributed by atoms with Crippen LogP contribution in [0.4, 0.5) is 0 Å². The molecule has 0 N–H and O–H groups in total. The van der Waals surface area contributed by atoms with Crippen molar-refractivity contribution in [2.75, 3.05) is 6.61 Å². The second-order valence-electron chi connectivity index (χ2n) is 4.32. The van der Waals surface area contributed by atoms with E-state index in [0.29, 0.717) is 6.42 Å². The fourth-order valence-corrected chi connectivity index (χ4v) is 1.47. The summed E-state index contributed by atoms with van der Waals surface area (Å²) in [5.74, 6) is -0.959. The van der Waals surface area contributed by atoms with E-state index >= 15 is 0 Å². The first-order chi connectivity index (χ1) is 11.0. The predicted octanol–water partition coefficient (Wildman–Crippen LogP) is 4.12. The quantitative estimate of drug-likeness (QED) is 0.555. The van der Waals surface area contributed by atoms with Crippen LogP contribution in [0.3, 0.4) is 0 Å². The van der Waals surface area contributed by atoms with Crippen LogP contribution in [-0.2, 0) is 19.1 Å². The van der Waals surface area contributed by atoms with Crippen molar-refractivity contribution in [3.63, 3.8) is 0 Å². The summed E-state index contributed by atoms with van der Waals surface area (Å²) in [4.78, 5) is 21.3. The third-order valence-electron chi connectivity index (χ3n) is 2.47. The molecule has 0 fully saturated rings. The molecule has 124 valence electrons. The van der Waals surface area contributed by atoms with E-state index in [1.54, 1.807) is 6.92 Å². The number of carbonyl (C=O) groups is 2. The van der Waals surface area contributed by atoms with Gasteiger partial charge in [0.05, 0.1) is 6.61 Å². The smallest absolute Gasteiger partial charge is 0.330 e. The van der Waals surface area contributed by atoms with Crippen LogP contribution in [0.15, 0.2) is 61.2 Å². The Bertz CT molecular complexity index is 523. The minimum Gasteiger partial charge on any atom is -0.462 e. The maximum atomic E-state index is 10.7. The molecule has 0 saturated carbocycles. The van der Waals surface area contributed by atoms with Crippen molar-refractivity contribution < 1.29 is 19.1 Å². The molecule has 4 nitrogen and oxygen atoms in total. The molecule has 1 atom stereocenters. The van der Waals surface area contributed by atoms with Crippen LogP contribution in [0.2, 0.25) is 0 Å². The average molecular weight is 337 g/mol. The summed E-state index contributed by atoms with van der Waals surface area (Å²) >= 11 is 5.36. The molecule has 0 aliphatic rings. The van der Waals surface area contributed by atoms with Gasteiger partial charge < -0.3 is 9.47 Å². The van der Waals surface area contributed by atoms with Gasteiger partial charge in [-0.1, -0.05) is 55.1 Å². The van der Waals surface area contributed by atoms with E-state index < -0.39 is 11.9 Å². The van der Waals surface area contributed by atoms with Crippen LogP contribution >= 0.6 is 11.6 Å². The molecule has 1 aromatic rings. The van der Waals surface area contributed by atoms with E-state index in [9.17, 15) is 9.59 Å². The van der Waals surface area contributed by atoms with Crippen molar-refractivity contribution in [3.05, 3.63) is 66.7 Å². The van der Waals surface area contributed by atoms with Crippen molar-refractivity contribution in [1.82, 2.24) is 0 Å². The van der Waals surface area contributed by atoms with Crippen molar-refractivity contribution in [2.45, 2.75) is 19.4 Å². The summed E-state index contributed by atoms with van der Waals surface area (Å²) in [5.41, 5.74) is 2.64. The summed E-state index contributed by atoms with van der Waals surface area (Å²) in [6.45, 7) is 8.43. The molecule has 1 aromatic carbocycles. The number of hydrogen-bond donors (Lipinski definition) is 0. The Kier molecular flexibility index (Phi) is 12.0. The number of hydrogen-bond acceptors (Lipinski definition) is 4. The van der Waals surface area contributed by atoms with Gasteiger partial charge in [0.2, 0.25) is 0 Å². The third kappa shape index (κ3) is 12.0. The molecule has 0 heterocycles. The van der Waals surface area contributed by atoms with Gasteiger partial charge in [-0.25, -0.2) is 9.59 Å². The van der Waals surface area contributed by atoms with Gasteiger partial charge in [-0.05, 0) is 18.6 Å². The highest BCUT2D eigenvalue weighted by Gasteiger charge is 2.06. The fourth-order valence-electron chi connectivity index (χ4n) is 1.33. The van der Waals surface area contributed by atoms with E-state index in [4.69, 9.17) is 21.1 Å². The van der Waals surface area contributed by atoms with Crippen LogP contribution < -0.4 is 0 Å². The number of halogens is 1. The molecular weight excluding hydrogens is 316 g/mol. The lowest BCUT2D eigenvalue weighted by molar-refractivity contribution is -0.144. The normalized spacial score (nSPS) is 10.9. The summed E-state index contributed by atoms with van der Waals surface area (Å²) < 4.78 is 9.54. The van der Waals surface area contributed by atoms with Crippen molar-refractivity contribution in [3.8, 4) is 0 Å². The average Bonchev–Trinajstić information content (AvgIpc) is 2.56. The monoisotopic (exact) mass is 336 g/mol. The van der Waals surface area contributed by atoms with E-state index in [2.05, 4.69) is 13.2 Å². The molecule has 0 aliphatic carbocycles. The molecule has 1 unspecified atom stereocenters. The number of rotatable bonds is 7. The number of ether oxygens (including phenoxy) is 2. The molecule has 0 bridgehead atoms. The zero-order valence-electron chi connectivity index (χ0n) is 13.1. The van der Waals surface area contributed by atoms with Crippen LogP contribution in [0.5, 0.6) is 0 Å². The maximum Gasteiger partial charge on any atom is 0.330 e. The van der Waals surface area contributed by atoms with E-state index in [0.717, 1.165) is 17.7 Å². The molecule has 1 rings (SSSR count). The summed E-state index contributed by atoms with van der Waals surface area (Å²) in [6, 6.07) is 9.93. The highest BCUT2D eigenvalue weighted by Crippen LogP contribution is 2.01. The minimum atomic E-state index is -0.479. The van der Waals surface area contributed by atoms with Crippen molar-refractivity contribution in [2.24, 2.45) is 0 Å². The van der Waals surface area contributed by atoms with Gasteiger partial charge in [0.1, 0.15) is 6.10 Å². The molecule has 0 saturated heterocycles. The first-order valence-electron chi connectivity index (χ1n) is 6.97. The molecule has 5 heteroatoms. The number of benzene rings is 1. The zero-order chi connectivity index (χ0) is 17.5. The molecule has 0 aliphatic heterocycles. The highest BCUT2D eigenvalue weighted by atomic mass is 35.5. The Morgan fingerprint density at radius 1 is 1.17 bits per heavy atom. The molecule has 0 amide bonds. The topological polar surface area (TPSA) is 52.6 Å². The van der Waals surface area contributed by atoms with Crippen LogP contribution in [-0.4, -0.2) is 24.6 Å². The van der Waals surface area contributed by atoms with Crippen LogP contribution in [0.25, 0.3) is 6.08 Å². The van der Waals surface area contributed by atoms with Gasteiger partial charge >= 0.3 is 11.9 Å². The molecule has 0 radical (unpaired) electrons. The Balaban J connectivity index is 0.000000459. The standard InChI is InChI=1S/C10H14O4.C8H7Cl/c1-4-9(11)13-7-6-8(3)14-10(12)5-2;9-7-6-8-4-2-1-3-5-8/h4-5,8H,1-2,6-7H2,3H3;1-7H. The molecule has 23 heavy (non-hydrogen) atoms. The molecule has 0 aromatic heterocycles. The van der Waals surface area contributed by atoms with Crippen molar-refractivity contribution >= 4 is 29.6 Å². The molecular formula is C18H21ClO4. The predicted molar refractivity (Wildman–Crippen MR) is 92.9 cm³/mol. The van der Waals surface area contributed by atoms with Gasteiger partial charge in [0.15, 0.2) is 0 Å². The Labute approximate surface area is 142 Å². The van der Waals surface area contributed by atoms with E-state index in [1.807, 2.05) is 36.4 Å². The third-order valence-corrected chi connectivity index (χ3v) is 2.60. The summed E-state index contributed by atoms with van der Waals surface area (Å²) in [5, 5.41) is 0. The van der Waals surface area contributed by atoms with Gasteiger partial charge in [0.25, 0.3) is 0 Å². The largest absolute Gasteiger partial charge is 0.462 e. The highest BCUT2D eigenvalue weighted by molar-refractivity contribution is 6.27. The Morgan fingerprint density at radius 3 is 2.30 bits per heavy atom. The van der Waals surface area contributed by atoms with Gasteiger partial charge in [-0.3, -0.25) is 0 Å². The minimum absolute atomic E-state index is 0.205. The van der Waals surface area contributed by atoms with Gasteiger partial charge in [0, 0.05) is 24.1 Å². The Morgan fingerprint density at radius 2 is 1.78 bits per heavy atom. The first-order valence-corrected chi connectivity index (χ1v) is 7.41. The lowest BCUT2D eigenvalue weighted by Gasteiger charge is -2.11. The van der Waals surface area contributed by atoms with Gasteiger partial charge in [-0.2, -0.15) is 0 Å².